The van der Waals surface area contributed by atoms with Crippen LogP contribution in [0.2, 0.25) is 15.9 Å². The van der Waals surface area contributed by atoms with E-state index in [1.165, 1.54) is 18.4 Å². The Bertz CT molecular complexity index is 4480. The van der Waals surface area contributed by atoms with Crippen LogP contribution in [-0.4, -0.2) is 92.5 Å². The minimum atomic E-state index is -3.20. The highest BCUT2D eigenvalue weighted by Crippen LogP contribution is 2.41. The molecule has 13 rings (SSSR count). The third kappa shape index (κ3) is 13.3. The normalized spacial score (nSPS) is 12.3. The van der Waals surface area contributed by atoms with Gasteiger partial charge in [-0.25, -0.2) is 58.3 Å². The summed E-state index contributed by atoms with van der Waals surface area (Å²) in [4.78, 5) is 47.5. The number of pyridine rings is 3. The van der Waals surface area contributed by atoms with Crippen molar-refractivity contribution < 1.29 is 17.9 Å². The topological polar surface area (TPSA) is 212 Å². The molecule has 0 bridgehead atoms. The van der Waals surface area contributed by atoms with E-state index in [2.05, 4.69) is 124 Å². The number of nitrogens with zero attached hydrogens (tertiary/aromatic N) is 13. The lowest BCUT2D eigenvalue weighted by Gasteiger charge is -2.10. The standard InChI is InChI=1S/C16H13BrClN3O3S2.C13H9BrClN3OS.C12H7BrClN3S.C11H9BrN4S/c1-24-15-9(7-26(22,23)10-2-3-10)4-8(5-19-15)12-14-13(11(17)6-25-14)21-16(18)20-12;1-6-3-7(4-16-12(6)19-2)9-11-10(8(14)5-20-11)18-13(15)17-9;1-6-2-7(4-15-3-6)9-11-10(8(13)5-18-11)17-12(14)16-9;1-6-14-9(7-3-13-16(2)4-7)11-10(15-6)8(12)5-17-11/h4-6,10H,2-3,7H2,1H3;3-5H,1-2H3;2-5H,1H3;3-5H,1-2H3. The summed E-state index contributed by atoms with van der Waals surface area (Å²) in [5.74, 6) is 1.59. The van der Waals surface area contributed by atoms with Gasteiger partial charge in [0.25, 0.3) is 0 Å². The lowest BCUT2D eigenvalue weighted by molar-refractivity contribution is 0.394. The average Bonchev–Trinajstić information content (AvgIpc) is 3.73. The molecule has 0 N–H and O–H groups in total. The van der Waals surface area contributed by atoms with Crippen LogP contribution in [-0.2, 0) is 22.6 Å². The smallest absolute Gasteiger partial charge is 0.223 e. The number of aromatic nitrogens is 13. The fourth-order valence-electron chi connectivity index (χ4n) is 8.18. The number of hydrogen-bond donors (Lipinski definition) is 0. The molecule has 29 heteroatoms. The molecule has 0 radical (unpaired) electrons. The van der Waals surface area contributed by atoms with Crippen molar-refractivity contribution in [3.05, 3.63) is 133 Å². The zero-order chi connectivity index (χ0) is 57.4. The first-order chi connectivity index (χ1) is 38.8. The summed E-state index contributed by atoms with van der Waals surface area (Å²) in [5.41, 5.74) is 12.7. The molecule has 0 unspecified atom stereocenters. The van der Waals surface area contributed by atoms with Gasteiger partial charge in [-0.15, -0.1) is 45.3 Å². The predicted octanol–water partition coefficient (Wildman–Crippen LogP) is 16.4. The summed E-state index contributed by atoms with van der Waals surface area (Å²) in [5, 5.41) is 12.4. The molecule has 1 aliphatic carbocycles. The van der Waals surface area contributed by atoms with Gasteiger partial charge in [0.15, 0.2) is 9.84 Å². The van der Waals surface area contributed by atoms with Crippen molar-refractivity contribution in [2.75, 3.05) is 14.2 Å². The molecule has 0 atom stereocenters. The zero-order valence-electron chi connectivity index (χ0n) is 42.8. The summed E-state index contributed by atoms with van der Waals surface area (Å²) in [6, 6.07) is 5.79. The number of methoxy groups -OCH3 is 2. The van der Waals surface area contributed by atoms with Crippen molar-refractivity contribution >= 4 is 195 Å². The maximum atomic E-state index is 12.4. The quantitative estimate of drug-likeness (QED) is 0.123. The van der Waals surface area contributed by atoms with Crippen molar-refractivity contribution in [3.63, 3.8) is 0 Å². The first-order valence-corrected chi connectivity index (χ1v) is 33.2. The second kappa shape index (κ2) is 25.2. The Labute approximate surface area is 527 Å². The Morgan fingerprint density at radius 3 is 1.44 bits per heavy atom. The van der Waals surface area contributed by atoms with E-state index in [0.717, 1.165) is 117 Å². The molecule has 0 amide bonds. The van der Waals surface area contributed by atoms with Crippen LogP contribution in [0.3, 0.4) is 0 Å². The van der Waals surface area contributed by atoms with Gasteiger partial charge in [0.2, 0.25) is 27.6 Å². The lowest BCUT2D eigenvalue weighted by atomic mass is 10.1. The molecule has 414 valence electrons. The second-order valence-electron chi connectivity index (χ2n) is 17.8. The van der Waals surface area contributed by atoms with Crippen molar-refractivity contribution in [1.82, 2.24) is 64.6 Å². The minimum absolute atomic E-state index is 0.0994. The van der Waals surface area contributed by atoms with Crippen molar-refractivity contribution in [2.45, 2.75) is 44.6 Å². The van der Waals surface area contributed by atoms with Crippen molar-refractivity contribution in [2.24, 2.45) is 7.05 Å². The number of aryl methyl sites for hydroxylation is 4. The van der Waals surface area contributed by atoms with E-state index in [-0.39, 0.29) is 26.9 Å². The van der Waals surface area contributed by atoms with Crippen LogP contribution < -0.4 is 9.47 Å². The van der Waals surface area contributed by atoms with Gasteiger partial charge in [0, 0.05) is 92.9 Å². The first kappa shape index (κ1) is 59.3. The van der Waals surface area contributed by atoms with Gasteiger partial charge in [-0.3, -0.25) is 9.67 Å². The molecule has 0 aromatic carbocycles. The average molecular weight is 1500 g/mol. The Hall–Kier alpha value is -4.84. The fourth-order valence-corrected chi connectivity index (χ4v) is 16.7. The van der Waals surface area contributed by atoms with Gasteiger partial charge in [-0.2, -0.15) is 5.10 Å². The maximum Gasteiger partial charge on any atom is 0.223 e. The number of rotatable bonds is 9. The van der Waals surface area contributed by atoms with Crippen molar-refractivity contribution in [1.29, 1.82) is 0 Å². The molecule has 81 heavy (non-hydrogen) atoms. The second-order valence-corrected chi connectivity index (χ2v) is 28.0. The highest BCUT2D eigenvalue weighted by molar-refractivity contribution is 9.11. The molecule has 12 heterocycles. The Kier molecular flexibility index (Phi) is 18.4. The van der Waals surface area contributed by atoms with E-state index < -0.39 is 9.84 Å². The predicted molar refractivity (Wildman–Crippen MR) is 340 cm³/mol. The van der Waals surface area contributed by atoms with E-state index in [4.69, 9.17) is 44.3 Å². The lowest BCUT2D eigenvalue weighted by Crippen LogP contribution is -2.11. The van der Waals surface area contributed by atoms with Gasteiger partial charge in [-0.1, -0.05) is 0 Å². The fraction of sp³-hybridized carbons (Fsp3) is 0.192. The molecular formula is C52H38Br4Cl3N13O4S5. The molecule has 0 aliphatic heterocycles. The van der Waals surface area contributed by atoms with Gasteiger partial charge >= 0.3 is 0 Å². The number of fused-ring (bicyclic) bond motifs is 4. The van der Waals surface area contributed by atoms with E-state index >= 15 is 0 Å². The highest BCUT2D eigenvalue weighted by atomic mass is 79.9. The van der Waals surface area contributed by atoms with Gasteiger partial charge in [0.05, 0.1) is 96.4 Å². The maximum absolute atomic E-state index is 12.4. The Morgan fingerprint density at radius 1 is 0.568 bits per heavy atom. The number of halogens is 7. The molecule has 17 nitrogen and oxygen atoms in total. The van der Waals surface area contributed by atoms with E-state index in [1.807, 2.05) is 80.1 Å². The molecule has 12 aromatic rings. The third-order valence-corrected chi connectivity index (χ3v) is 22.2. The molecule has 1 fully saturated rings. The highest BCUT2D eigenvalue weighted by Gasteiger charge is 2.36. The van der Waals surface area contributed by atoms with Gasteiger partial charge in [-0.05, 0) is 156 Å². The van der Waals surface area contributed by atoms with Crippen LogP contribution in [0, 0.1) is 20.8 Å². The van der Waals surface area contributed by atoms with E-state index in [0.29, 0.717) is 34.1 Å². The minimum Gasteiger partial charge on any atom is -0.481 e. The molecular weight excluding hydrogens is 1460 g/mol. The molecule has 12 aromatic heterocycles. The van der Waals surface area contributed by atoms with Crippen LogP contribution in [0.15, 0.2) is 94.8 Å². The Balaban J connectivity index is 0.000000123. The number of ether oxygens (including phenoxy) is 2. The Morgan fingerprint density at radius 2 is 1.01 bits per heavy atom. The number of thiophene rings is 4. The molecule has 1 saturated carbocycles. The zero-order valence-corrected chi connectivity index (χ0v) is 55.5. The first-order valence-electron chi connectivity index (χ1n) is 23.7. The van der Waals surface area contributed by atoms with Crippen molar-refractivity contribution in [3.8, 4) is 56.8 Å². The summed E-state index contributed by atoms with van der Waals surface area (Å²) < 4.78 is 44.7. The van der Waals surface area contributed by atoms with E-state index in [1.54, 1.807) is 70.5 Å². The van der Waals surface area contributed by atoms with Crippen LogP contribution in [0.25, 0.3) is 85.9 Å². The van der Waals surface area contributed by atoms with Crippen LogP contribution in [0.5, 0.6) is 11.8 Å². The van der Waals surface area contributed by atoms with Crippen LogP contribution in [0.4, 0.5) is 0 Å². The summed E-state index contributed by atoms with van der Waals surface area (Å²) in [6.07, 6.45) is 12.2. The third-order valence-electron chi connectivity index (χ3n) is 11.9. The van der Waals surface area contributed by atoms with Crippen LogP contribution >= 0.6 is 144 Å². The summed E-state index contributed by atoms with van der Waals surface area (Å²) in [6.45, 7) is 5.85. The van der Waals surface area contributed by atoms with E-state index in [9.17, 15) is 8.42 Å². The SMILES string of the molecule is COc1ncc(-c2nc(Cl)nc3c(Br)csc23)cc1C.COc1ncc(-c2nc(Cl)nc3c(Br)csc23)cc1CS(=O)(=O)C1CC1.Cc1cncc(-c2nc(Cl)nc3c(Br)csc23)c1.Cc1nc(-c2cnn(C)c2)c2scc(Br)c2n1. The van der Waals surface area contributed by atoms with Crippen LogP contribution in [0.1, 0.15) is 35.4 Å². The summed E-state index contributed by atoms with van der Waals surface area (Å²) in [7, 11) is 1.78. The number of hydrogen-bond acceptors (Lipinski definition) is 20. The molecule has 0 spiro atoms. The van der Waals surface area contributed by atoms with Gasteiger partial charge < -0.3 is 9.47 Å². The molecule has 1 aliphatic rings. The summed E-state index contributed by atoms with van der Waals surface area (Å²) >= 11 is 38.3. The monoisotopic (exact) mass is 1490 g/mol. The molecule has 0 saturated heterocycles. The van der Waals surface area contributed by atoms with Gasteiger partial charge in [0.1, 0.15) is 22.4 Å². The number of sulfone groups is 1. The largest absolute Gasteiger partial charge is 0.481 e.